The van der Waals surface area contributed by atoms with Crippen LogP contribution in [0.25, 0.3) is 17.0 Å². The van der Waals surface area contributed by atoms with Gasteiger partial charge in [0.1, 0.15) is 23.6 Å². The van der Waals surface area contributed by atoms with Crippen LogP contribution in [-0.4, -0.2) is 37.6 Å². The van der Waals surface area contributed by atoms with Crippen molar-refractivity contribution in [1.29, 1.82) is 0 Å². The number of ketones is 1. The summed E-state index contributed by atoms with van der Waals surface area (Å²) in [7, 11) is 1.62. The molecule has 1 N–H and O–H groups in total. The first-order chi connectivity index (χ1) is 16.9. The van der Waals surface area contributed by atoms with Crippen molar-refractivity contribution in [3.63, 3.8) is 0 Å². The van der Waals surface area contributed by atoms with Gasteiger partial charge in [0, 0.05) is 24.0 Å². The van der Waals surface area contributed by atoms with Crippen molar-refractivity contribution < 1.29 is 19.4 Å². The number of methoxy groups -OCH3 is 1. The molecule has 0 radical (unpaired) electrons. The van der Waals surface area contributed by atoms with Crippen molar-refractivity contribution in [1.82, 2.24) is 19.6 Å². The van der Waals surface area contributed by atoms with E-state index >= 15 is 0 Å². The van der Waals surface area contributed by atoms with E-state index in [1.165, 1.54) is 0 Å². The van der Waals surface area contributed by atoms with Crippen LogP contribution in [0.5, 0.6) is 17.4 Å². The maximum absolute atomic E-state index is 13.6. The minimum atomic E-state index is -0.480. The summed E-state index contributed by atoms with van der Waals surface area (Å²) in [6.45, 7) is 4.14. The number of carbonyl (C=O) groups excluding carboxylic acids is 1. The van der Waals surface area contributed by atoms with Crippen LogP contribution < -0.4 is 9.47 Å². The van der Waals surface area contributed by atoms with E-state index in [1.54, 1.807) is 36.2 Å². The van der Waals surface area contributed by atoms with E-state index in [4.69, 9.17) is 14.5 Å². The van der Waals surface area contributed by atoms with E-state index in [-0.39, 0.29) is 16.9 Å². The van der Waals surface area contributed by atoms with Crippen molar-refractivity contribution in [3.05, 3.63) is 77.3 Å². The molecule has 35 heavy (non-hydrogen) atoms. The Hall–Kier alpha value is -4.20. The predicted octanol–water partition coefficient (Wildman–Crippen LogP) is 4.67. The third-order valence-electron chi connectivity index (χ3n) is 6.66. The zero-order chi connectivity index (χ0) is 24.3. The molecule has 0 saturated carbocycles. The van der Waals surface area contributed by atoms with E-state index in [0.29, 0.717) is 58.4 Å². The molecule has 1 atom stereocenters. The van der Waals surface area contributed by atoms with Crippen molar-refractivity contribution in [2.45, 2.75) is 32.6 Å². The fraction of sp³-hybridized carbons (Fsp3) is 0.259. The Bertz CT molecular complexity index is 1540. The van der Waals surface area contributed by atoms with Gasteiger partial charge in [-0.05, 0) is 23.6 Å². The Kier molecular flexibility index (Phi) is 4.67. The number of fused-ring (bicyclic) bond motifs is 3. The molecule has 3 heterocycles. The largest absolute Gasteiger partial charge is 0.507 e. The summed E-state index contributed by atoms with van der Waals surface area (Å²) in [6, 6.07) is 14.6. The van der Waals surface area contributed by atoms with E-state index < -0.39 is 5.92 Å². The molecule has 4 aromatic rings. The number of Topliss-reactive ketones (excluding diaryl/α,β-unsaturated/α-hetero) is 1. The Morgan fingerprint density at radius 2 is 1.89 bits per heavy atom. The monoisotopic (exact) mass is 468 g/mol. The number of hydrogen-bond acceptors (Lipinski definition) is 7. The lowest BCUT2D eigenvalue weighted by atomic mass is 9.70. The number of carbonyl (C=O) groups is 1. The number of allylic oxidation sites excluding steroid dienone is 2. The van der Waals surface area contributed by atoms with E-state index in [1.807, 2.05) is 30.3 Å². The highest BCUT2D eigenvalue weighted by atomic mass is 16.5. The number of rotatable bonds is 3. The molecule has 2 aromatic heterocycles. The highest BCUT2D eigenvalue weighted by Crippen LogP contribution is 2.51. The van der Waals surface area contributed by atoms with E-state index in [9.17, 15) is 9.90 Å². The van der Waals surface area contributed by atoms with Crippen LogP contribution in [-0.2, 0) is 4.79 Å². The number of aromatic hydroxyl groups is 1. The molecule has 8 nitrogen and oxygen atoms in total. The number of phenols is 1. The maximum atomic E-state index is 13.6. The molecular weight excluding hydrogens is 444 g/mol. The van der Waals surface area contributed by atoms with Gasteiger partial charge in [0.25, 0.3) is 0 Å². The van der Waals surface area contributed by atoms with Crippen LogP contribution in [0.2, 0.25) is 0 Å². The average Bonchev–Trinajstić information content (AvgIpc) is 3.26. The summed E-state index contributed by atoms with van der Waals surface area (Å²) in [4.78, 5) is 22.9. The molecule has 1 aliphatic heterocycles. The second-order valence-electron chi connectivity index (χ2n) is 9.74. The first-order valence-corrected chi connectivity index (χ1v) is 11.5. The second-order valence-corrected chi connectivity index (χ2v) is 9.74. The molecule has 0 saturated heterocycles. The molecule has 1 aliphatic carbocycles. The summed E-state index contributed by atoms with van der Waals surface area (Å²) < 4.78 is 13.6. The molecule has 0 amide bonds. The number of nitrogens with zero attached hydrogens (tertiary/aromatic N) is 4. The van der Waals surface area contributed by atoms with E-state index in [2.05, 4.69) is 23.9 Å². The summed E-state index contributed by atoms with van der Waals surface area (Å²) >= 11 is 0. The topological polar surface area (TPSA) is 98.8 Å². The standard InChI is InChI=1S/C27H24N4O4/c1-27(2)12-18(33)22-20(13-27)35-26-23(21(22)16-9-5-7-11-19(16)34-3)25-29-24(30-31(25)14-28-26)15-8-4-6-10-17(15)32/h4-11,14,21,32H,12-13H2,1-3H3. The number of benzene rings is 2. The fourth-order valence-electron chi connectivity index (χ4n) is 5.14. The number of aromatic nitrogens is 4. The van der Waals surface area contributed by atoms with Gasteiger partial charge in [0.05, 0.1) is 24.2 Å². The first kappa shape index (κ1) is 21.3. The summed E-state index contributed by atoms with van der Waals surface area (Å²) in [5.74, 6) is 1.70. The van der Waals surface area contributed by atoms with Gasteiger partial charge in [-0.3, -0.25) is 4.79 Å². The summed E-state index contributed by atoms with van der Waals surface area (Å²) in [5.41, 5.74) is 2.90. The van der Waals surface area contributed by atoms with Gasteiger partial charge in [-0.2, -0.15) is 0 Å². The minimum Gasteiger partial charge on any atom is -0.507 e. The van der Waals surface area contributed by atoms with Crippen LogP contribution >= 0.6 is 0 Å². The van der Waals surface area contributed by atoms with Crippen LogP contribution in [0.3, 0.4) is 0 Å². The normalized spacial score (nSPS) is 18.7. The zero-order valence-corrected chi connectivity index (χ0v) is 19.6. The first-order valence-electron chi connectivity index (χ1n) is 11.5. The summed E-state index contributed by atoms with van der Waals surface area (Å²) in [5, 5.41) is 14.9. The number of phenolic OH excluding ortho intramolecular Hbond substituents is 1. The minimum absolute atomic E-state index is 0.0419. The van der Waals surface area contributed by atoms with Crippen LogP contribution in [0.1, 0.15) is 43.7 Å². The lowest BCUT2D eigenvalue weighted by Gasteiger charge is -2.37. The van der Waals surface area contributed by atoms with Gasteiger partial charge in [-0.25, -0.2) is 14.5 Å². The number of hydrogen-bond donors (Lipinski definition) is 1. The van der Waals surface area contributed by atoms with Crippen LogP contribution in [0, 0.1) is 5.41 Å². The lowest BCUT2D eigenvalue weighted by Crippen LogP contribution is -2.33. The van der Waals surface area contributed by atoms with Gasteiger partial charge in [-0.15, -0.1) is 5.10 Å². The average molecular weight is 469 g/mol. The Morgan fingerprint density at radius 1 is 1.11 bits per heavy atom. The summed E-state index contributed by atoms with van der Waals surface area (Å²) in [6.07, 6.45) is 2.59. The Morgan fingerprint density at radius 3 is 2.69 bits per heavy atom. The molecule has 0 spiro atoms. The highest BCUT2D eigenvalue weighted by Gasteiger charge is 2.44. The molecule has 2 aromatic carbocycles. The number of ether oxygens (including phenoxy) is 2. The lowest BCUT2D eigenvalue weighted by molar-refractivity contribution is -0.118. The molecule has 2 aliphatic rings. The van der Waals surface area contributed by atoms with Gasteiger partial charge < -0.3 is 14.6 Å². The van der Waals surface area contributed by atoms with Crippen LogP contribution in [0.4, 0.5) is 0 Å². The third-order valence-corrected chi connectivity index (χ3v) is 6.66. The molecule has 6 rings (SSSR count). The van der Waals surface area contributed by atoms with Crippen LogP contribution in [0.15, 0.2) is 66.2 Å². The molecule has 1 unspecified atom stereocenters. The highest BCUT2D eigenvalue weighted by molar-refractivity contribution is 6.00. The molecule has 0 bridgehead atoms. The van der Waals surface area contributed by atoms with E-state index in [0.717, 1.165) is 5.56 Å². The number of para-hydroxylation sites is 2. The predicted molar refractivity (Wildman–Crippen MR) is 128 cm³/mol. The van der Waals surface area contributed by atoms with Crippen molar-refractivity contribution >= 4 is 11.4 Å². The SMILES string of the molecule is COc1ccccc1C1C2=C(CC(C)(C)CC2=O)Oc2ncn3nc(-c4ccccc4O)nc3c21. The van der Waals surface area contributed by atoms with Gasteiger partial charge in [-0.1, -0.05) is 44.2 Å². The molecular formula is C27H24N4O4. The fourth-order valence-corrected chi connectivity index (χ4v) is 5.14. The zero-order valence-electron chi connectivity index (χ0n) is 19.6. The van der Waals surface area contributed by atoms with Crippen molar-refractivity contribution in [2.75, 3.05) is 7.11 Å². The molecule has 0 fully saturated rings. The van der Waals surface area contributed by atoms with Gasteiger partial charge >= 0.3 is 0 Å². The molecule has 8 heteroatoms. The maximum Gasteiger partial charge on any atom is 0.228 e. The second kappa shape index (κ2) is 7.66. The quantitative estimate of drug-likeness (QED) is 0.466. The molecule has 176 valence electrons. The smallest absolute Gasteiger partial charge is 0.228 e. The Balaban J connectivity index is 1.64. The Labute approximate surface area is 201 Å². The van der Waals surface area contributed by atoms with Gasteiger partial charge in [0.2, 0.25) is 5.88 Å². The van der Waals surface area contributed by atoms with Crippen molar-refractivity contribution in [2.24, 2.45) is 5.41 Å². The van der Waals surface area contributed by atoms with Crippen molar-refractivity contribution in [3.8, 4) is 28.8 Å². The third kappa shape index (κ3) is 3.36. The van der Waals surface area contributed by atoms with Gasteiger partial charge in [0.15, 0.2) is 17.3 Å².